The van der Waals surface area contributed by atoms with E-state index < -0.39 is 0 Å². The number of hydrogen-bond acceptors (Lipinski definition) is 3. The molecule has 0 atom stereocenters. The Bertz CT molecular complexity index is 605. The van der Waals surface area contributed by atoms with Crippen LogP contribution in [0.2, 0.25) is 0 Å². The molecular formula is C15H24IN5S. The molecule has 0 aromatic carbocycles. The Kier molecular flexibility index (Phi) is 7.88. The summed E-state index contributed by atoms with van der Waals surface area (Å²) in [5, 5.41) is 4.39. The van der Waals surface area contributed by atoms with E-state index in [0.29, 0.717) is 6.54 Å². The average molecular weight is 433 g/mol. The van der Waals surface area contributed by atoms with Gasteiger partial charge < -0.3 is 14.8 Å². The van der Waals surface area contributed by atoms with Gasteiger partial charge in [0.05, 0.1) is 13.1 Å². The van der Waals surface area contributed by atoms with Crippen LogP contribution < -0.4 is 5.32 Å². The lowest BCUT2D eigenvalue weighted by Gasteiger charge is -2.22. The molecule has 1 N–H and O–H groups in total. The number of rotatable bonds is 5. The van der Waals surface area contributed by atoms with E-state index in [1.807, 2.05) is 6.20 Å². The van der Waals surface area contributed by atoms with Gasteiger partial charge in [0, 0.05) is 43.6 Å². The van der Waals surface area contributed by atoms with E-state index in [9.17, 15) is 0 Å². The van der Waals surface area contributed by atoms with E-state index in [2.05, 4.69) is 71.0 Å². The van der Waals surface area contributed by atoms with Gasteiger partial charge in [-0.05, 0) is 26.0 Å². The van der Waals surface area contributed by atoms with Crippen molar-refractivity contribution in [3.63, 3.8) is 0 Å². The van der Waals surface area contributed by atoms with Crippen LogP contribution in [0.15, 0.2) is 29.5 Å². The number of aryl methyl sites for hydroxylation is 2. The summed E-state index contributed by atoms with van der Waals surface area (Å²) < 4.78 is 2.13. The van der Waals surface area contributed by atoms with E-state index >= 15 is 0 Å². The van der Waals surface area contributed by atoms with Gasteiger partial charge in [0.2, 0.25) is 0 Å². The first-order valence-electron chi connectivity index (χ1n) is 7.11. The summed E-state index contributed by atoms with van der Waals surface area (Å²) in [7, 11) is 4.12. The number of aliphatic imine (C=N–C) groups is 1. The molecule has 7 heteroatoms. The summed E-state index contributed by atoms with van der Waals surface area (Å²) >= 11 is 1.70. The maximum absolute atomic E-state index is 4.68. The van der Waals surface area contributed by atoms with Gasteiger partial charge in [-0.25, -0.2) is 9.98 Å². The summed E-state index contributed by atoms with van der Waals surface area (Å²) in [6.07, 6.45) is 3.96. The van der Waals surface area contributed by atoms with E-state index in [-0.39, 0.29) is 24.0 Å². The topological polar surface area (TPSA) is 45.5 Å². The molecule has 0 saturated carbocycles. The maximum atomic E-state index is 4.68. The minimum absolute atomic E-state index is 0. The monoisotopic (exact) mass is 433 g/mol. The van der Waals surface area contributed by atoms with Crippen LogP contribution in [0.5, 0.6) is 0 Å². The zero-order valence-corrected chi connectivity index (χ0v) is 16.7. The Morgan fingerprint density at radius 1 is 1.50 bits per heavy atom. The maximum Gasteiger partial charge on any atom is 0.194 e. The number of halogens is 1. The highest BCUT2D eigenvalue weighted by Crippen LogP contribution is 2.12. The number of aromatic nitrogens is 2. The lowest BCUT2D eigenvalue weighted by molar-refractivity contribution is 0.462. The fourth-order valence-electron chi connectivity index (χ4n) is 2.07. The van der Waals surface area contributed by atoms with Gasteiger partial charge in [0.15, 0.2) is 5.96 Å². The van der Waals surface area contributed by atoms with Crippen LogP contribution in [0.1, 0.15) is 22.5 Å². The third kappa shape index (κ3) is 5.28. The van der Waals surface area contributed by atoms with Gasteiger partial charge >= 0.3 is 0 Å². The molecule has 2 rings (SSSR count). The molecule has 0 fully saturated rings. The van der Waals surface area contributed by atoms with E-state index in [1.165, 1.54) is 10.6 Å². The van der Waals surface area contributed by atoms with Gasteiger partial charge in [-0.15, -0.1) is 35.3 Å². The molecule has 0 aliphatic carbocycles. The smallest absolute Gasteiger partial charge is 0.194 e. The van der Waals surface area contributed by atoms with Crippen molar-refractivity contribution in [2.75, 3.05) is 13.6 Å². The first kappa shape index (κ1) is 19.0. The van der Waals surface area contributed by atoms with Crippen LogP contribution in [0.3, 0.4) is 0 Å². The second-order valence-corrected chi connectivity index (χ2v) is 6.32. The molecule has 0 bridgehead atoms. The summed E-state index contributed by atoms with van der Waals surface area (Å²) in [5.41, 5.74) is 1.26. The van der Waals surface area contributed by atoms with E-state index in [1.54, 1.807) is 11.3 Å². The molecule has 0 saturated heterocycles. The van der Waals surface area contributed by atoms with Crippen molar-refractivity contribution in [3.05, 3.63) is 40.1 Å². The Hall–Kier alpha value is -1.09. The average Bonchev–Trinajstić information content (AvgIpc) is 3.04. The Balaban J connectivity index is 0.00000242. The quantitative estimate of drug-likeness (QED) is 0.448. The SMILES string of the molecule is CCNC(=NCc1ncc(C)s1)N(C)Cc1cccn1C.I. The predicted octanol–water partition coefficient (Wildman–Crippen LogP) is 3.01. The first-order chi connectivity index (χ1) is 10.1. The molecule has 2 aromatic heterocycles. The molecule has 0 aliphatic heterocycles. The Morgan fingerprint density at radius 2 is 2.27 bits per heavy atom. The largest absolute Gasteiger partial charge is 0.357 e. The molecule has 122 valence electrons. The van der Waals surface area contributed by atoms with Crippen LogP contribution in [0.4, 0.5) is 0 Å². The normalized spacial score (nSPS) is 11.2. The fraction of sp³-hybridized carbons (Fsp3) is 0.467. The zero-order chi connectivity index (χ0) is 15.2. The van der Waals surface area contributed by atoms with Crippen molar-refractivity contribution in [3.8, 4) is 0 Å². The third-order valence-corrected chi connectivity index (χ3v) is 4.08. The molecule has 2 heterocycles. The molecule has 0 radical (unpaired) electrons. The van der Waals surface area contributed by atoms with Crippen molar-refractivity contribution in [2.24, 2.45) is 12.0 Å². The molecule has 5 nitrogen and oxygen atoms in total. The van der Waals surface area contributed by atoms with Gasteiger partial charge in [-0.2, -0.15) is 0 Å². The van der Waals surface area contributed by atoms with Gasteiger partial charge in [-0.3, -0.25) is 0 Å². The summed E-state index contributed by atoms with van der Waals surface area (Å²) in [6, 6.07) is 4.19. The second-order valence-electron chi connectivity index (χ2n) is 5.00. The standard InChI is InChI=1S/C15H23N5S.HI/c1-5-16-15(18-10-14-17-9-12(2)21-14)20(4)11-13-7-6-8-19(13)3;/h6-9H,5,10-11H2,1-4H3,(H,16,18);1H. The highest BCUT2D eigenvalue weighted by atomic mass is 127. The number of guanidine groups is 1. The minimum atomic E-state index is 0. The van der Waals surface area contributed by atoms with Crippen LogP contribution in [-0.4, -0.2) is 34.0 Å². The molecule has 0 aliphatic rings. The van der Waals surface area contributed by atoms with Crippen molar-refractivity contribution in [2.45, 2.75) is 26.9 Å². The van der Waals surface area contributed by atoms with Crippen molar-refractivity contribution in [1.29, 1.82) is 0 Å². The van der Waals surface area contributed by atoms with Crippen LogP contribution in [0.25, 0.3) is 0 Å². The van der Waals surface area contributed by atoms with Crippen molar-refractivity contribution in [1.82, 2.24) is 19.8 Å². The second kappa shape index (κ2) is 9.14. The third-order valence-electron chi connectivity index (χ3n) is 3.18. The molecule has 0 unspecified atom stereocenters. The number of nitrogens with one attached hydrogen (secondary N) is 1. The van der Waals surface area contributed by atoms with Gasteiger partial charge in [-0.1, -0.05) is 0 Å². The van der Waals surface area contributed by atoms with Crippen LogP contribution in [-0.2, 0) is 20.1 Å². The lowest BCUT2D eigenvalue weighted by Crippen LogP contribution is -2.38. The minimum Gasteiger partial charge on any atom is -0.357 e. The lowest BCUT2D eigenvalue weighted by atomic mass is 10.4. The fourth-order valence-corrected chi connectivity index (χ4v) is 2.78. The molecule has 0 spiro atoms. The highest BCUT2D eigenvalue weighted by molar-refractivity contribution is 14.0. The van der Waals surface area contributed by atoms with Crippen molar-refractivity contribution < 1.29 is 0 Å². The van der Waals surface area contributed by atoms with Gasteiger partial charge in [0.25, 0.3) is 0 Å². The highest BCUT2D eigenvalue weighted by Gasteiger charge is 2.08. The van der Waals surface area contributed by atoms with Crippen LogP contribution >= 0.6 is 35.3 Å². The molecule has 0 amide bonds. The zero-order valence-electron chi connectivity index (χ0n) is 13.5. The first-order valence-corrected chi connectivity index (χ1v) is 7.92. The summed E-state index contributed by atoms with van der Waals surface area (Å²) in [5.74, 6) is 0.909. The van der Waals surface area contributed by atoms with Crippen LogP contribution in [0, 0.1) is 6.92 Å². The Labute approximate surface area is 153 Å². The van der Waals surface area contributed by atoms with Crippen molar-refractivity contribution >= 4 is 41.3 Å². The number of thiazole rings is 1. The summed E-state index contributed by atoms with van der Waals surface area (Å²) in [4.78, 5) is 12.4. The molecule has 22 heavy (non-hydrogen) atoms. The molecule has 2 aromatic rings. The molecular weight excluding hydrogens is 409 g/mol. The van der Waals surface area contributed by atoms with E-state index in [0.717, 1.165) is 24.1 Å². The van der Waals surface area contributed by atoms with Gasteiger partial charge in [0.1, 0.15) is 5.01 Å². The predicted molar refractivity (Wildman–Crippen MR) is 104 cm³/mol. The number of hydrogen-bond donors (Lipinski definition) is 1. The Morgan fingerprint density at radius 3 is 2.82 bits per heavy atom. The number of nitrogens with zero attached hydrogens (tertiary/aromatic N) is 4. The summed E-state index contributed by atoms with van der Waals surface area (Å²) in [6.45, 7) is 6.45. The van der Waals surface area contributed by atoms with E-state index in [4.69, 9.17) is 0 Å².